The SMILES string of the molecule is CN=C(NCCc1ccc(OC)c(OC)c1OC)N1CCS(=O)(=O)C(C)(C)C1. The van der Waals surface area contributed by atoms with E-state index in [1.54, 1.807) is 42.2 Å². The van der Waals surface area contributed by atoms with Crippen LogP contribution >= 0.6 is 0 Å². The van der Waals surface area contributed by atoms with Crippen molar-refractivity contribution in [2.24, 2.45) is 4.99 Å². The fourth-order valence-corrected chi connectivity index (χ4v) is 4.69. The van der Waals surface area contributed by atoms with Gasteiger partial charge in [-0.2, -0.15) is 0 Å². The average molecular weight is 414 g/mol. The van der Waals surface area contributed by atoms with Crippen LogP contribution in [0.2, 0.25) is 0 Å². The van der Waals surface area contributed by atoms with Crippen LogP contribution in [0, 0.1) is 0 Å². The van der Waals surface area contributed by atoms with Gasteiger partial charge in [0.15, 0.2) is 27.3 Å². The van der Waals surface area contributed by atoms with Gasteiger partial charge in [0.2, 0.25) is 5.75 Å². The van der Waals surface area contributed by atoms with E-state index in [9.17, 15) is 8.42 Å². The Hall–Kier alpha value is -2.16. The van der Waals surface area contributed by atoms with E-state index < -0.39 is 14.6 Å². The lowest BCUT2D eigenvalue weighted by molar-refractivity contribution is 0.322. The van der Waals surface area contributed by atoms with Crippen molar-refractivity contribution < 1.29 is 22.6 Å². The average Bonchev–Trinajstić information content (AvgIpc) is 2.66. The monoisotopic (exact) mass is 413 g/mol. The van der Waals surface area contributed by atoms with Crippen molar-refractivity contribution in [2.75, 3.05) is 53.8 Å². The summed E-state index contributed by atoms with van der Waals surface area (Å²) in [5, 5.41) is 3.32. The Balaban J connectivity index is 2.06. The van der Waals surface area contributed by atoms with Crippen LogP contribution < -0.4 is 19.5 Å². The quantitative estimate of drug-likeness (QED) is 0.556. The molecule has 0 amide bonds. The largest absolute Gasteiger partial charge is 0.493 e. The van der Waals surface area contributed by atoms with Gasteiger partial charge in [0.25, 0.3) is 0 Å². The molecule has 28 heavy (non-hydrogen) atoms. The Morgan fingerprint density at radius 1 is 1.18 bits per heavy atom. The van der Waals surface area contributed by atoms with E-state index in [-0.39, 0.29) is 5.75 Å². The number of benzene rings is 1. The van der Waals surface area contributed by atoms with Gasteiger partial charge >= 0.3 is 0 Å². The second-order valence-corrected chi connectivity index (χ2v) is 9.96. The molecular formula is C19H31N3O5S. The van der Waals surface area contributed by atoms with E-state index >= 15 is 0 Å². The summed E-state index contributed by atoms with van der Waals surface area (Å²) in [5.41, 5.74) is 0.977. The lowest BCUT2D eigenvalue weighted by atomic mass is 10.1. The van der Waals surface area contributed by atoms with Crippen LogP contribution in [0.4, 0.5) is 0 Å². The standard InChI is InChI=1S/C19H31N3O5S/c1-19(2)13-22(11-12-28(19,23)24)18(20-3)21-10-9-14-7-8-15(25-4)17(27-6)16(14)26-5/h7-8H,9-13H2,1-6H3,(H,20,21). The molecule has 0 spiro atoms. The summed E-state index contributed by atoms with van der Waals surface area (Å²) in [6.07, 6.45) is 0.679. The predicted octanol–water partition coefficient (Wildman–Crippen LogP) is 1.34. The minimum absolute atomic E-state index is 0.129. The molecule has 0 radical (unpaired) electrons. The first-order valence-corrected chi connectivity index (χ1v) is 10.8. The molecule has 1 fully saturated rings. The predicted molar refractivity (Wildman–Crippen MR) is 111 cm³/mol. The summed E-state index contributed by atoms with van der Waals surface area (Å²) in [6, 6.07) is 3.80. The zero-order valence-electron chi connectivity index (χ0n) is 17.5. The summed E-state index contributed by atoms with van der Waals surface area (Å²) >= 11 is 0. The van der Waals surface area contributed by atoms with E-state index in [2.05, 4.69) is 10.3 Å². The highest BCUT2D eigenvalue weighted by atomic mass is 32.2. The van der Waals surface area contributed by atoms with Crippen molar-refractivity contribution in [3.63, 3.8) is 0 Å². The maximum Gasteiger partial charge on any atom is 0.203 e. The van der Waals surface area contributed by atoms with Gasteiger partial charge in [-0.3, -0.25) is 4.99 Å². The first-order valence-electron chi connectivity index (χ1n) is 9.16. The highest BCUT2D eigenvalue weighted by molar-refractivity contribution is 7.92. The van der Waals surface area contributed by atoms with Gasteiger partial charge in [-0.15, -0.1) is 0 Å². The van der Waals surface area contributed by atoms with Crippen LogP contribution in [-0.2, 0) is 16.3 Å². The van der Waals surface area contributed by atoms with Crippen LogP contribution in [0.15, 0.2) is 17.1 Å². The third-order valence-electron chi connectivity index (χ3n) is 5.02. The van der Waals surface area contributed by atoms with Crippen molar-refractivity contribution in [3.05, 3.63) is 17.7 Å². The molecule has 8 nitrogen and oxygen atoms in total. The van der Waals surface area contributed by atoms with Crippen molar-refractivity contribution >= 4 is 15.8 Å². The number of methoxy groups -OCH3 is 3. The van der Waals surface area contributed by atoms with Crippen LogP contribution in [0.1, 0.15) is 19.4 Å². The Morgan fingerprint density at radius 2 is 1.86 bits per heavy atom. The number of ether oxygens (including phenoxy) is 3. The van der Waals surface area contributed by atoms with E-state index in [1.165, 1.54) is 0 Å². The lowest BCUT2D eigenvalue weighted by Gasteiger charge is -2.39. The topological polar surface area (TPSA) is 89.5 Å². The number of sulfone groups is 1. The molecule has 0 saturated carbocycles. The Bertz CT molecular complexity index is 821. The summed E-state index contributed by atoms with van der Waals surface area (Å²) in [4.78, 5) is 6.31. The minimum atomic E-state index is -3.09. The van der Waals surface area contributed by atoms with E-state index in [0.717, 1.165) is 5.56 Å². The number of aliphatic imine (C=N–C) groups is 1. The first-order chi connectivity index (χ1) is 13.2. The van der Waals surface area contributed by atoms with Crippen LogP contribution in [0.5, 0.6) is 17.2 Å². The van der Waals surface area contributed by atoms with Gasteiger partial charge in [-0.1, -0.05) is 6.07 Å². The highest BCUT2D eigenvalue weighted by Gasteiger charge is 2.40. The molecule has 0 unspecified atom stereocenters. The third-order valence-corrected chi connectivity index (χ3v) is 7.55. The number of guanidine groups is 1. The summed E-state index contributed by atoms with van der Waals surface area (Å²) in [6.45, 7) is 4.98. The van der Waals surface area contributed by atoms with Gasteiger partial charge in [0.05, 0.1) is 31.8 Å². The Morgan fingerprint density at radius 3 is 2.39 bits per heavy atom. The normalized spacial score (nSPS) is 18.5. The zero-order valence-corrected chi connectivity index (χ0v) is 18.4. The number of rotatable bonds is 6. The molecular weight excluding hydrogens is 382 g/mol. The molecule has 0 aliphatic carbocycles. The van der Waals surface area contributed by atoms with Gasteiger partial charge in [-0.25, -0.2) is 8.42 Å². The second kappa shape index (κ2) is 8.89. The van der Waals surface area contributed by atoms with E-state index in [0.29, 0.717) is 49.3 Å². The third kappa shape index (κ3) is 4.45. The molecule has 1 aromatic rings. The van der Waals surface area contributed by atoms with E-state index in [1.807, 2.05) is 17.0 Å². The molecule has 9 heteroatoms. The lowest BCUT2D eigenvalue weighted by Crippen LogP contribution is -2.57. The smallest absolute Gasteiger partial charge is 0.203 e. The van der Waals surface area contributed by atoms with Crippen LogP contribution in [0.25, 0.3) is 0 Å². The molecule has 1 aliphatic rings. The van der Waals surface area contributed by atoms with Crippen molar-refractivity contribution in [3.8, 4) is 17.2 Å². The number of nitrogens with zero attached hydrogens (tertiary/aromatic N) is 2. The summed E-state index contributed by atoms with van der Waals surface area (Å²) in [7, 11) is 3.38. The molecule has 1 N–H and O–H groups in total. The van der Waals surface area contributed by atoms with Gasteiger partial charge in [-0.05, 0) is 26.3 Å². The Labute approximate surface area is 167 Å². The molecule has 0 atom stereocenters. The number of hydrogen-bond donors (Lipinski definition) is 1. The van der Waals surface area contributed by atoms with Gasteiger partial charge < -0.3 is 24.4 Å². The molecule has 2 rings (SSSR count). The van der Waals surface area contributed by atoms with Crippen molar-refractivity contribution in [2.45, 2.75) is 25.0 Å². The first kappa shape index (κ1) is 22.1. The van der Waals surface area contributed by atoms with Crippen molar-refractivity contribution in [1.82, 2.24) is 10.2 Å². The molecule has 1 saturated heterocycles. The maximum absolute atomic E-state index is 12.2. The van der Waals surface area contributed by atoms with Gasteiger partial charge in [0, 0.05) is 32.2 Å². The minimum Gasteiger partial charge on any atom is -0.493 e. The van der Waals surface area contributed by atoms with Crippen LogP contribution in [-0.4, -0.2) is 77.8 Å². The van der Waals surface area contributed by atoms with Crippen LogP contribution in [0.3, 0.4) is 0 Å². The zero-order chi connectivity index (χ0) is 20.9. The Kier molecular flexibility index (Phi) is 7.03. The maximum atomic E-state index is 12.2. The summed E-state index contributed by atoms with van der Waals surface area (Å²) < 4.78 is 39.9. The number of nitrogens with one attached hydrogen (secondary N) is 1. The summed E-state index contributed by atoms with van der Waals surface area (Å²) in [5.74, 6) is 2.65. The van der Waals surface area contributed by atoms with Gasteiger partial charge in [0.1, 0.15) is 0 Å². The second-order valence-electron chi connectivity index (χ2n) is 7.22. The molecule has 1 heterocycles. The molecule has 1 aromatic carbocycles. The van der Waals surface area contributed by atoms with E-state index in [4.69, 9.17) is 14.2 Å². The highest BCUT2D eigenvalue weighted by Crippen LogP contribution is 2.39. The number of hydrogen-bond acceptors (Lipinski definition) is 6. The molecule has 1 aliphatic heterocycles. The fourth-order valence-electron chi connectivity index (χ4n) is 3.33. The van der Waals surface area contributed by atoms with Crippen molar-refractivity contribution in [1.29, 1.82) is 0 Å². The molecule has 158 valence electrons. The fraction of sp³-hybridized carbons (Fsp3) is 0.632. The molecule has 0 aromatic heterocycles. The molecule has 0 bridgehead atoms.